The number of rotatable bonds is 3. The maximum absolute atomic E-state index is 11.4. The van der Waals surface area contributed by atoms with Crippen molar-refractivity contribution >= 4 is 23.0 Å². The molecule has 108 valence electrons. The number of nitro groups is 1. The molecule has 0 radical (unpaired) electrons. The van der Waals surface area contributed by atoms with Crippen molar-refractivity contribution in [3.63, 3.8) is 0 Å². The van der Waals surface area contributed by atoms with Gasteiger partial charge in [0.25, 0.3) is 5.69 Å². The molecule has 20 heavy (non-hydrogen) atoms. The van der Waals surface area contributed by atoms with Crippen LogP contribution in [0, 0.1) is 15.5 Å². The Kier molecular flexibility index (Phi) is 3.41. The van der Waals surface area contributed by atoms with Gasteiger partial charge >= 0.3 is 0 Å². The third kappa shape index (κ3) is 2.74. The first kappa shape index (κ1) is 14.3. The second-order valence-corrected chi connectivity index (χ2v) is 6.24. The number of nitrogens with zero attached hydrogens (tertiary/aromatic N) is 1. The van der Waals surface area contributed by atoms with Crippen LogP contribution in [0.4, 0.5) is 17.1 Å². The van der Waals surface area contributed by atoms with Crippen LogP contribution >= 0.6 is 0 Å². The molecule has 0 spiro atoms. The van der Waals surface area contributed by atoms with Gasteiger partial charge in [-0.3, -0.25) is 14.9 Å². The van der Waals surface area contributed by atoms with Crippen LogP contribution in [0.2, 0.25) is 0 Å². The van der Waals surface area contributed by atoms with Gasteiger partial charge in [-0.1, -0.05) is 20.8 Å². The van der Waals surface area contributed by atoms with Gasteiger partial charge in [0.2, 0.25) is 5.91 Å². The molecule has 1 aliphatic rings. The number of amides is 1. The average Bonchev–Trinajstić information content (AvgIpc) is 2.65. The molecule has 1 amide bonds. The summed E-state index contributed by atoms with van der Waals surface area (Å²) in [5.41, 5.74) is 1.76. The lowest BCUT2D eigenvalue weighted by Gasteiger charge is -2.29. The van der Waals surface area contributed by atoms with E-state index >= 15 is 0 Å². The van der Waals surface area contributed by atoms with Crippen molar-refractivity contribution in [2.45, 2.75) is 40.2 Å². The summed E-state index contributed by atoms with van der Waals surface area (Å²) in [6.07, 6.45) is 0.200. The van der Waals surface area contributed by atoms with Crippen molar-refractivity contribution in [3.05, 3.63) is 27.8 Å². The van der Waals surface area contributed by atoms with Crippen molar-refractivity contribution in [1.82, 2.24) is 0 Å². The van der Waals surface area contributed by atoms with E-state index in [2.05, 4.69) is 31.4 Å². The molecule has 0 aromatic heterocycles. The summed E-state index contributed by atoms with van der Waals surface area (Å²) in [4.78, 5) is 22.2. The highest BCUT2D eigenvalue weighted by Crippen LogP contribution is 2.36. The van der Waals surface area contributed by atoms with Gasteiger partial charge in [0.05, 0.1) is 11.3 Å². The van der Waals surface area contributed by atoms with Crippen LogP contribution < -0.4 is 10.6 Å². The van der Waals surface area contributed by atoms with Gasteiger partial charge in [-0.2, -0.15) is 0 Å². The number of nitro benzene ring substituents is 1. The normalized spacial score (nSPS) is 15.5. The number of anilines is 2. The Hall–Kier alpha value is -2.11. The molecular weight excluding hydrogens is 258 g/mol. The van der Waals surface area contributed by atoms with Gasteiger partial charge in [0, 0.05) is 17.8 Å². The number of hydrogen-bond donors (Lipinski definition) is 2. The molecule has 0 bridgehead atoms. The standard InChI is InChI=1S/C14H19N3O3/c1-8(14(2,3)4)15-11-7-10-9(6-13(18)16-10)5-12(11)17(19)20/h5,7-8,15H,6H2,1-4H3,(H,16,18). The predicted octanol–water partition coefficient (Wildman–Crippen LogP) is 2.94. The average molecular weight is 277 g/mol. The number of carbonyl (C=O) groups excluding carboxylic acids is 1. The molecule has 0 saturated carbocycles. The lowest BCUT2D eigenvalue weighted by Crippen LogP contribution is -2.31. The third-order valence-corrected chi connectivity index (χ3v) is 3.71. The Labute approximate surface area is 117 Å². The van der Waals surface area contributed by atoms with Gasteiger partial charge in [0.1, 0.15) is 5.69 Å². The van der Waals surface area contributed by atoms with E-state index in [0.29, 0.717) is 16.9 Å². The van der Waals surface area contributed by atoms with Gasteiger partial charge in [-0.25, -0.2) is 0 Å². The quantitative estimate of drug-likeness (QED) is 0.657. The zero-order valence-electron chi connectivity index (χ0n) is 12.1. The molecule has 2 N–H and O–H groups in total. The summed E-state index contributed by atoms with van der Waals surface area (Å²) < 4.78 is 0. The Balaban J connectivity index is 2.39. The first-order valence-electron chi connectivity index (χ1n) is 6.56. The maximum Gasteiger partial charge on any atom is 0.292 e. The molecule has 1 aromatic carbocycles. The van der Waals surface area contributed by atoms with Crippen LogP contribution in [0.5, 0.6) is 0 Å². The van der Waals surface area contributed by atoms with E-state index in [1.165, 1.54) is 6.07 Å². The third-order valence-electron chi connectivity index (χ3n) is 3.71. The number of carbonyl (C=O) groups is 1. The molecule has 1 aliphatic heterocycles. The topological polar surface area (TPSA) is 84.3 Å². The highest BCUT2D eigenvalue weighted by molar-refractivity contribution is 6.00. The molecule has 1 aromatic rings. The molecule has 6 nitrogen and oxygen atoms in total. The Morgan fingerprint density at radius 3 is 2.60 bits per heavy atom. The largest absolute Gasteiger partial charge is 0.376 e. The number of hydrogen-bond acceptors (Lipinski definition) is 4. The Morgan fingerprint density at radius 1 is 1.40 bits per heavy atom. The fourth-order valence-corrected chi connectivity index (χ4v) is 1.98. The van der Waals surface area contributed by atoms with E-state index in [9.17, 15) is 14.9 Å². The molecule has 2 rings (SSSR count). The minimum atomic E-state index is -0.416. The van der Waals surface area contributed by atoms with Gasteiger partial charge in [-0.15, -0.1) is 0 Å². The highest BCUT2D eigenvalue weighted by atomic mass is 16.6. The maximum atomic E-state index is 11.4. The molecule has 0 aliphatic carbocycles. The van der Waals surface area contributed by atoms with Crippen molar-refractivity contribution in [2.75, 3.05) is 10.6 Å². The van der Waals surface area contributed by atoms with Crippen LogP contribution in [0.1, 0.15) is 33.3 Å². The molecule has 0 saturated heterocycles. The lowest BCUT2D eigenvalue weighted by atomic mass is 9.88. The van der Waals surface area contributed by atoms with Gasteiger partial charge in [0.15, 0.2) is 0 Å². The van der Waals surface area contributed by atoms with E-state index in [1.807, 2.05) is 6.92 Å². The Morgan fingerprint density at radius 2 is 2.05 bits per heavy atom. The van der Waals surface area contributed by atoms with E-state index in [0.717, 1.165) is 0 Å². The van der Waals surface area contributed by atoms with Crippen LogP contribution in [-0.2, 0) is 11.2 Å². The first-order valence-corrected chi connectivity index (χ1v) is 6.56. The summed E-state index contributed by atoms with van der Waals surface area (Å²) in [5.74, 6) is -0.129. The summed E-state index contributed by atoms with van der Waals surface area (Å²) in [7, 11) is 0. The van der Waals surface area contributed by atoms with E-state index in [-0.39, 0.29) is 29.5 Å². The van der Waals surface area contributed by atoms with Gasteiger partial charge < -0.3 is 10.6 Å². The molecule has 1 heterocycles. The van der Waals surface area contributed by atoms with Crippen LogP contribution in [0.3, 0.4) is 0 Å². The molecule has 0 fully saturated rings. The summed E-state index contributed by atoms with van der Waals surface area (Å²) in [6.45, 7) is 8.17. The minimum Gasteiger partial charge on any atom is -0.376 e. The molecule has 6 heteroatoms. The lowest BCUT2D eigenvalue weighted by molar-refractivity contribution is -0.384. The second kappa shape index (κ2) is 4.77. The zero-order chi connectivity index (χ0) is 15.1. The van der Waals surface area contributed by atoms with Crippen LogP contribution in [0.15, 0.2) is 12.1 Å². The minimum absolute atomic E-state index is 0.0105. The van der Waals surface area contributed by atoms with E-state index < -0.39 is 4.92 Å². The molecule has 1 unspecified atom stereocenters. The second-order valence-electron chi connectivity index (χ2n) is 6.24. The summed E-state index contributed by atoms with van der Waals surface area (Å²) in [6, 6.07) is 3.18. The fourth-order valence-electron chi connectivity index (χ4n) is 1.98. The summed E-state index contributed by atoms with van der Waals surface area (Å²) in [5, 5.41) is 17.1. The van der Waals surface area contributed by atoms with E-state index in [1.54, 1.807) is 6.07 Å². The number of fused-ring (bicyclic) bond motifs is 1. The summed E-state index contributed by atoms with van der Waals surface area (Å²) >= 11 is 0. The fraction of sp³-hybridized carbons (Fsp3) is 0.500. The van der Waals surface area contributed by atoms with Crippen molar-refractivity contribution in [2.24, 2.45) is 5.41 Å². The molecular formula is C14H19N3O3. The Bertz CT molecular complexity index is 576. The van der Waals surface area contributed by atoms with Crippen molar-refractivity contribution < 1.29 is 9.72 Å². The monoisotopic (exact) mass is 277 g/mol. The molecule has 1 atom stereocenters. The number of nitrogens with one attached hydrogen (secondary N) is 2. The highest BCUT2D eigenvalue weighted by Gasteiger charge is 2.27. The van der Waals surface area contributed by atoms with Crippen molar-refractivity contribution in [3.8, 4) is 0 Å². The first-order chi connectivity index (χ1) is 9.18. The van der Waals surface area contributed by atoms with Crippen molar-refractivity contribution in [1.29, 1.82) is 0 Å². The van der Waals surface area contributed by atoms with Gasteiger partial charge in [-0.05, 0) is 24.0 Å². The van der Waals surface area contributed by atoms with E-state index in [4.69, 9.17) is 0 Å². The SMILES string of the molecule is CC(Nc1cc2c(cc1[N+](=O)[O-])CC(=O)N2)C(C)(C)C. The van der Waals surface area contributed by atoms with Crippen LogP contribution in [0.25, 0.3) is 0 Å². The predicted molar refractivity (Wildman–Crippen MR) is 78.0 cm³/mol. The smallest absolute Gasteiger partial charge is 0.292 e. The van der Waals surface area contributed by atoms with Crippen LogP contribution in [-0.4, -0.2) is 16.9 Å². The number of benzene rings is 1. The zero-order valence-corrected chi connectivity index (χ0v) is 12.1.